The highest BCUT2D eigenvalue weighted by Crippen LogP contribution is 2.36. The Bertz CT molecular complexity index is 562. The van der Waals surface area contributed by atoms with Crippen LogP contribution in [0.3, 0.4) is 0 Å². The number of benzene rings is 1. The maximum absolute atomic E-state index is 11.5. The van der Waals surface area contributed by atoms with Crippen LogP contribution in [-0.2, 0) is 0 Å². The van der Waals surface area contributed by atoms with Gasteiger partial charge in [0.15, 0.2) is 0 Å². The van der Waals surface area contributed by atoms with Crippen molar-refractivity contribution in [2.75, 3.05) is 0 Å². The molecule has 1 fully saturated rings. The van der Waals surface area contributed by atoms with Gasteiger partial charge in [0.2, 0.25) is 0 Å². The predicted octanol–water partition coefficient (Wildman–Crippen LogP) is 3.45. The van der Waals surface area contributed by atoms with Gasteiger partial charge in [0.1, 0.15) is 5.58 Å². The number of rotatable bonds is 1. The second-order valence-corrected chi connectivity index (χ2v) is 4.50. The van der Waals surface area contributed by atoms with E-state index in [9.17, 15) is 4.79 Å². The molecule has 0 bridgehead atoms. The van der Waals surface area contributed by atoms with Gasteiger partial charge < -0.3 is 4.42 Å². The van der Waals surface area contributed by atoms with E-state index < -0.39 is 0 Å². The lowest BCUT2D eigenvalue weighted by Crippen LogP contribution is -2.03. The maximum Gasteiger partial charge on any atom is 0.336 e. The van der Waals surface area contributed by atoms with Crippen molar-refractivity contribution in [1.29, 1.82) is 0 Å². The lowest BCUT2D eigenvalue weighted by Gasteiger charge is -2.11. The third kappa shape index (κ3) is 1.54. The fraction of sp³-hybridized carbons (Fsp3) is 0.357. The molecule has 2 aromatic rings. The van der Waals surface area contributed by atoms with Gasteiger partial charge in [-0.1, -0.05) is 31.0 Å². The van der Waals surface area contributed by atoms with Crippen molar-refractivity contribution in [2.45, 2.75) is 31.6 Å². The summed E-state index contributed by atoms with van der Waals surface area (Å²) in [4.78, 5) is 11.5. The van der Waals surface area contributed by atoms with E-state index in [-0.39, 0.29) is 5.63 Å². The van der Waals surface area contributed by atoms with Crippen molar-refractivity contribution in [3.05, 3.63) is 46.3 Å². The Hall–Kier alpha value is -1.57. The van der Waals surface area contributed by atoms with E-state index >= 15 is 0 Å². The van der Waals surface area contributed by atoms with Crippen molar-refractivity contribution in [1.82, 2.24) is 0 Å². The molecule has 16 heavy (non-hydrogen) atoms. The van der Waals surface area contributed by atoms with Crippen LogP contribution in [-0.4, -0.2) is 0 Å². The zero-order valence-electron chi connectivity index (χ0n) is 9.11. The molecule has 1 aliphatic carbocycles. The molecule has 0 atom stereocenters. The monoisotopic (exact) mass is 214 g/mol. The van der Waals surface area contributed by atoms with Crippen LogP contribution in [0, 0.1) is 0 Å². The molecule has 2 nitrogen and oxygen atoms in total. The molecule has 0 amide bonds. The lowest BCUT2D eigenvalue weighted by atomic mass is 9.95. The Morgan fingerprint density at radius 1 is 1.12 bits per heavy atom. The molecule has 1 aliphatic rings. The quantitative estimate of drug-likeness (QED) is 0.680. The zero-order valence-corrected chi connectivity index (χ0v) is 9.11. The largest absolute Gasteiger partial charge is 0.423 e. The molecule has 0 N–H and O–H groups in total. The summed E-state index contributed by atoms with van der Waals surface area (Å²) in [5.74, 6) is 0.550. The first-order chi connectivity index (χ1) is 7.84. The first-order valence-corrected chi connectivity index (χ1v) is 5.87. The summed E-state index contributed by atoms with van der Waals surface area (Å²) in [6, 6.07) is 9.50. The highest BCUT2D eigenvalue weighted by molar-refractivity contribution is 5.80. The molecular weight excluding hydrogens is 200 g/mol. The van der Waals surface area contributed by atoms with Crippen molar-refractivity contribution >= 4 is 11.0 Å². The molecule has 0 unspecified atom stereocenters. The second-order valence-electron chi connectivity index (χ2n) is 4.50. The third-order valence-electron chi connectivity index (χ3n) is 3.48. The summed E-state index contributed by atoms with van der Waals surface area (Å²) in [7, 11) is 0. The van der Waals surface area contributed by atoms with E-state index in [0.29, 0.717) is 5.92 Å². The van der Waals surface area contributed by atoms with E-state index in [1.54, 1.807) is 6.07 Å². The smallest absolute Gasteiger partial charge is 0.336 e. The van der Waals surface area contributed by atoms with Gasteiger partial charge in [-0.15, -0.1) is 0 Å². The van der Waals surface area contributed by atoms with Crippen molar-refractivity contribution < 1.29 is 4.42 Å². The Labute approximate surface area is 93.9 Å². The van der Waals surface area contributed by atoms with Crippen molar-refractivity contribution in [3.63, 3.8) is 0 Å². The molecule has 0 aliphatic heterocycles. The molecule has 0 spiro atoms. The van der Waals surface area contributed by atoms with Gasteiger partial charge >= 0.3 is 5.63 Å². The topological polar surface area (TPSA) is 30.2 Å². The first-order valence-electron chi connectivity index (χ1n) is 5.87. The van der Waals surface area contributed by atoms with E-state index in [1.807, 2.05) is 24.3 Å². The molecule has 2 heteroatoms. The van der Waals surface area contributed by atoms with Gasteiger partial charge in [-0.3, -0.25) is 0 Å². The van der Waals surface area contributed by atoms with Crippen LogP contribution in [0.2, 0.25) is 0 Å². The average molecular weight is 214 g/mol. The standard InChI is InChI=1S/C14H14O2/c15-14-9-12(10-5-1-2-6-10)11-7-3-4-8-13(11)16-14/h3-4,7-10H,1-2,5-6H2. The van der Waals surface area contributed by atoms with E-state index in [0.717, 1.165) is 11.0 Å². The summed E-state index contributed by atoms with van der Waals surface area (Å²) >= 11 is 0. The van der Waals surface area contributed by atoms with Gasteiger partial charge in [-0.05, 0) is 30.4 Å². The number of fused-ring (bicyclic) bond motifs is 1. The van der Waals surface area contributed by atoms with Gasteiger partial charge in [0.25, 0.3) is 0 Å². The molecule has 0 saturated heterocycles. The normalized spacial score (nSPS) is 17.0. The molecule has 3 rings (SSSR count). The minimum absolute atomic E-state index is 0.222. The summed E-state index contributed by atoms with van der Waals surface area (Å²) in [6.45, 7) is 0. The fourth-order valence-corrected chi connectivity index (χ4v) is 2.71. The van der Waals surface area contributed by atoms with Crippen LogP contribution in [0.4, 0.5) is 0 Å². The molecular formula is C14H14O2. The van der Waals surface area contributed by atoms with Gasteiger partial charge in [0, 0.05) is 11.5 Å². The molecule has 82 valence electrons. The Kier molecular flexibility index (Phi) is 2.28. The van der Waals surface area contributed by atoms with E-state index in [1.165, 1.54) is 31.2 Å². The minimum atomic E-state index is -0.222. The summed E-state index contributed by atoms with van der Waals surface area (Å²) < 4.78 is 5.21. The Morgan fingerprint density at radius 3 is 2.69 bits per heavy atom. The van der Waals surface area contributed by atoms with E-state index in [4.69, 9.17) is 4.42 Å². The van der Waals surface area contributed by atoms with Crippen LogP contribution >= 0.6 is 0 Å². The predicted molar refractivity (Wildman–Crippen MR) is 63.7 cm³/mol. The maximum atomic E-state index is 11.5. The van der Waals surface area contributed by atoms with Crippen LogP contribution in [0.1, 0.15) is 37.2 Å². The average Bonchev–Trinajstić information content (AvgIpc) is 2.81. The Morgan fingerprint density at radius 2 is 1.88 bits per heavy atom. The van der Waals surface area contributed by atoms with Gasteiger partial charge in [-0.25, -0.2) is 4.79 Å². The number of hydrogen-bond acceptors (Lipinski definition) is 2. The molecule has 1 saturated carbocycles. The zero-order chi connectivity index (χ0) is 11.0. The molecule has 1 aromatic carbocycles. The summed E-state index contributed by atoms with van der Waals surface area (Å²) in [5.41, 5.74) is 1.68. The van der Waals surface area contributed by atoms with Crippen molar-refractivity contribution in [3.8, 4) is 0 Å². The first kappa shape index (κ1) is 9.64. The highest BCUT2D eigenvalue weighted by Gasteiger charge is 2.20. The van der Waals surface area contributed by atoms with Crippen LogP contribution < -0.4 is 5.63 Å². The van der Waals surface area contributed by atoms with Gasteiger partial charge in [0.05, 0.1) is 0 Å². The van der Waals surface area contributed by atoms with E-state index in [2.05, 4.69) is 0 Å². The third-order valence-corrected chi connectivity index (χ3v) is 3.48. The van der Waals surface area contributed by atoms with Crippen LogP contribution in [0.25, 0.3) is 11.0 Å². The molecule has 1 heterocycles. The van der Waals surface area contributed by atoms with Crippen LogP contribution in [0.15, 0.2) is 39.5 Å². The summed E-state index contributed by atoms with van der Waals surface area (Å²) in [5, 5.41) is 1.11. The Balaban J connectivity index is 2.25. The molecule has 1 aromatic heterocycles. The SMILES string of the molecule is O=c1cc(C2CCCC2)c2ccccc2o1. The summed E-state index contributed by atoms with van der Waals surface area (Å²) in [6.07, 6.45) is 4.96. The second kappa shape index (κ2) is 3.78. The molecule has 0 radical (unpaired) electrons. The fourth-order valence-electron chi connectivity index (χ4n) is 2.71. The number of hydrogen-bond donors (Lipinski definition) is 0. The highest BCUT2D eigenvalue weighted by atomic mass is 16.4. The van der Waals surface area contributed by atoms with Crippen molar-refractivity contribution in [2.24, 2.45) is 0 Å². The lowest BCUT2D eigenvalue weighted by molar-refractivity contribution is 0.555. The number of para-hydroxylation sites is 1. The minimum Gasteiger partial charge on any atom is -0.423 e. The van der Waals surface area contributed by atoms with Crippen LogP contribution in [0.5, 0.6) is 0 Å². The van der Waals surface area contributed by atoms with Gasteiger partial charge in [-0.2, -0.15) is 0 Å².